The molecule has 0 saturated carbocycles. The quantitative estimate of drug-likeness (QED) is 0.495. The molecule has 4 rings (SSSR count). The van der Waals surface area contributed by atoms with Crippen molar-refractivity contribution in [1.29, 1.82) is 0 Å². The van der Waals surface area contributed by atoms with E-state index in [0.717, 1.165) is 18.6 Å². The fourth-order valence-electron chi connectivity index (χ4n) is 3.28. The van der Waals surface area contributed by atoms with Gasteiger partial charge in [-0.1, -0.05) is 36.1 Å². The van der Waals surface area contributed by atoms with Crippen molar-refractivity contribution in [2.75, 3.05) is 32.8 Å². The van der Waals surface area contributed by atoms with Crippen LogP contribution in [0.4, 0.5) is 0 Å². The Bertz CT molecular complexity index is 1040. The minimum absolute atomic E-state index is 0.0127. The zero-order valence-corrected chi connectivity index (χ0v) is 18.3. The monoisotopic (exact) mass is 459 g/mol. The number of benzene rings is 1. The maximum absolute atomic E-state index is 12.9. The molecule has 1 aromatic heterocycles. The summed E-state index contributed by atoms with van der Waals surface area (Å²) in [6.45, 7) is 2.99. The van der Waals surface area contributed by atoms with Gasteiger partial charge in [-0.2, -0.15) is 0 Å². The average molecular weight is 460 g/mol. The van der Waals surface area contributed by atoms with E-state index in [4.69, 9.17) is 26.5 Å². The largest absolute Gasteiger partial charge is 0.481 e. The van der Waals surface area contributed by atoms with Crippen LogP contribution in [0.1, 0.15) is 18.7 Å². The highest BCUT2D eigenvalue weighted by Crippen LogP contribution is 2.34. The molecule has 0 radical (unpaired) electrons. The highest BCUT2D eigenvalue weighted by molar-refractivity contribution is 8.26. The van der Waals surface area contributed by atoms with Gasteiger partial charge in [-0.25, -0.2) is 4.98 Å². The summed E-state index contributed by atoms with van der Waals surface area (Å²) in [5.41, 5.74) is 2.07. The van der Waals surface area contributed by atoms with E-state index in [9.17, 15) is 9.59 Å². The maximum atomic E-state index is 12.9. The number of para-hydroxylation sites is 2. The van der Waals surface area contributed by atoms with Gasteiger partial charge in [0, 0.05) is 32.3 Å². The fourth-order valence-corrected chi connectivity index (χ4v) is 4.58. The zero-order valence-electron chi connectivity index (χ0n) is 16.7. The van der Waals surface area contributed by atoms with Gasteiger partial charge in [-0.05, 0) is 24.6 Å². The van der Waals surface area contributed by atoms with Gasteiger partial charge in [0.15, 0.2) is 5.58 Å². The van der Waals surface area contributed by atoms with Gasteiger partial charge in [-0.3, -0.25) is 14.5 Å². The number of fused-ring (bicyclic) bond motifs is 1. The molecule has 2 aliphatic heterocycles. The number of allylic oxidation sites excluding steroid dienone is 2. The molecule has 0 aliphatic carbocycles. The standard InChI is InChI=1S/C21H21N3O5S2/c25-18(26)6-3-7-24-20(27)17(31-21(24)30)12-14(13-23-8-10-28-11-9-23)19-22-15-4-1-2-5-16(15)29-19/h1-2,4-5,12-13H,3,6-11H2,(H,25,26). The van der Waals surface area contributed by atoms with Crippen molar-refractivity contribution in [2.45, 2.75) is 12.8 Å². The first-order valence-corrected chi connectivity index (χ1v) is 11.1. The second-order valence-corrected chi connectivity index (χ2v) is 8.73. The SMILES string of the molecule is O=C(O)CCCN1C(=O)C(=CC(=CN2CCOCC2)c2nc3ccccc3o2)SC1=S. The molecule has 1 aromatic carbocycles. The molecule has 3 heterocycles. The molecule has 10 heteroatoms. The number of carbonyl (C=O) groups is 2. The molecule has 1 N–H and O–H groups in total. The number of carbonyl (C=O) groups excluding carboxylic acids is 1. The minimum Gasteiger partial charge on any atom is -0.481 e. The number of morpholine rings is 1. The summed E-state index contributed by atoms with van der Waals surface area (Å²) in [7, 11) is 0. The highest BCUT2D eigenvalue weighted by atomic mass is 32.2. The van der Waals surface area contributed by atoms with Gasteiger partial charge in [0.1, 0.15) is 9.84 Å². The summed E-state index contributed by atoms with van der Waals surface area (Å²) in [4.78, 5) is 32.3. The molecule has 1 amide bonds. The Morgan fingerprint density at radius 2 is 2.06 bits per heavy atom. The fraction of sp³-hybridized carbons (Fsp3) is 0.333. The number of aliphatic carboxylic acids is 1. The molecule has 0 unspecified atom stereocenters. The van der Waals surface area contributed by atoms with Crippen LogP contribution in [0.2, 0.25) is 0 Å². The number of thioether (sulfide) groups is 1. The minimum atomic E-state index is -0.896. The third-order valence-electron chi connectivity index (χ3n) is 4.84. The molecule has 0 atom stereocenters. The topological polar surface area (TPSA) is 96.1 Å². The van der Waals surface area contributed by atoms with Gasteiger partial charge in [0.2, 0.25) is 5.89 Å². The number of rotatable bonds is 7. The molecule has 2 saturated heterocycles. The Hall–Kier alpha value is -2.69. The van der Waals surface area contributed by atoms with Crippen LogP contribution in [0.25, 0.3) is 16.7 Å². The first-order valence-electron chi connectivity index (χ1n) is 9.88. The van der Waals surface area contributed by atoms with Crippen molar-refractivity contribution in [3.05, 3.63) is 47.3 Å². The molecule has 0 spiro atoms. The molecule has 2 fully saturated rings. The number of amides is 1. The molecule has 2 aliphatic rings. The predicted octanol–water partition coefficient (Wildman–Crippen LogP) is 3.11. The normalized spacial score (nSPS) is 19.1. The Kier molecular flexibility index (Phi) is 6.69. The van der Waals surface area contributed by atoms with E-state index in [-0.39, 0.29) is 18.9 Å². The van der Waals surface area contributed by atoms with Crippen molar-refractivity contribution in [2.24, 2.45) is 0 Å². The zero-order chi connectivity index (χ0) is 21.8. The van der Waals surface area contributed by atoms with Crippen LogP contribution in [-0.2, 0) is 14.3 Å². The third-order valence-corrected chi connectivity index (χ3v) is 6.22. The van der Waals surface area contributed by atoms with Gasteiger partial charge in [0.05, 0.1) is 23.7 Å². The number of hydrogen-bond acceptors (Lipinski definition) is 8. The van der Waals surface area contributed by atoms with E-state index in [2.05, 4.69) is 9.88 Å². The number of carboxylic acids is 1. The second kappa shape index (κ2) is 9.63. The third kappa shape index (κ3) is 5.15. The van der Waals surface area contributed by atoms with E-state index in [1.165, 1.54) is 16.7 Å². The lowest BCUT2D eigenvalue weighted by Crippen LogP contribution is -2.32. The van der Waals surface area contributed by atoms with Crippen molar-refractivity contribution < 1.29 is 23.8 Å². The maximum Gasteiger partial charge on any atom is 0.303 e. The van der Waals surface area contributed by atoms with Crippen LogP contribution in [0.15, 0.2) is 45.9 Å². The molecule has 2 aromatic rings. The summed E-state index contributed by atoms with van der Waals surface area (Å²) in [6, 6.07) is 7.49. The lowest BCUT2D eigenvalue weighted by molar-refractivity contribution is -0.137. The van der Waals surface area contributed by atoms with Crippen LogP contribution in [0, 0.1) is 0 Å². The number of nitrogens with zero attached hydrogens (tertiary/aromatic N) is 3. The second-order valence-electron chi connectivity index (χ2n) is 7.05. The van der Waals surface area contributed by atoms with E-state index < -0.39 is 5.97 Å². The van der Waals surface area contributed by atoms with Crippen LogP contribution < -0.4 is 0 Å². The summed E-state index contributed by atoms with van der Waals surface area (Å²) < 4.78 is 11.8. The summed E-state index contributed by atoms with van der Waals surface area (Å²) >= 11 is 6.55. The number of hydrogen-bond donors (Lipinski definition) is 1. The molecule has 0 bridgehead atoms. The Labute approximate surface area is 188 Å². The highest BCUT2D eigenvalue weighted by Gasteiger charge is 2.32. The molecule has 8 nitrogen and oxygen atoms in total. The summed E-state index contributed by atoms with van der Waals surface area (Å²) in [5, 5.41) is 8.84. The van der Waals surface area contributed by atoms with Crippen molar-refractivity contribution in [1.82, 2.24) is 14.8 Å². The Morgan fingerprint density at radius 3 is 2.81 bits per heavy atom. The Morgan fingerprint density at radius 1 is 1.29 bits per heavy atom. The number of aromatic nitrogens is 1. The van der Waals surface area contributed by atoms with E-state index >= 15 is 0 Å². The Balaban J connectivity index is 1.63. The number of ether oxygens (including phenoxy) is 1. The summed E-state index contributed by atoms with van der Waals surface area (Å²) in [5.74, 6) is -0.708. The van der Waals surface area contributed by atoms with E-state index in [1.807, 2.05) is 30.5 Å². The first-order chi connectivity index (χ1) is 15.0. The molecular weight excluding hydrogens is 438 g/mol. The molecular formula is C21H21N3O5S2. The van der Waals surface area contributed by atoms with E-state index in [1.54, 1.807) is 6.08 Å². The van der Waals surface area contributed by atoms with Crippen molar-refractivity contribution in [3.8, 4) is 0 Å². The summed E-state index contributed by atoms with van der Waals surface area (Å²) in [6.07, 6.45) is 4.01. The molecule has 162 valence electrons. The number of carboxylic acid groups (broad SMARTS) is 1. The van der Waals surface area contributed by atoms with Gasteiger partial charge < -0.3 is 19.2 Å². The van der Waals surface area contributed by atoms with E-state index in [0.29, 0.717) is 45.9 Å². The predicted molar refractivity (Wildman–Crippen MR) is 121 cm³/mol. The van der Waals surface area contributed by atoms with Crippen molar-refractivity contribution in [3.63, 3.8) is 0 Å². The smallest absolute Gasteiger partial charge is 0.303 e. The van der Waals surface area contributed by atoms with Crippen LogP contribution in [-0.4, -0.2) is 68.9 Å². The lowest BCUT2D eigenvalue weighted by Gasteiger charge is -2.25. The average Bonchev–Trinajstić information content (AvgIpc) is 3.30. The van der Waals surface area contributed by atoms with Gasteiger partial charge in [0.25, 0.3) is 5.91 Å². The van der Waals surface area contributed by atoms with Gasteiger partial charge >= 0.3 is 5.97 Å². The lowest BCUT2D eigenvalue weighted by atomic mass is 10.2. The first kappa shape index (κ1) is 21.5. The number of oxazole rings is 1. The van der Waals surface area contributed by atoms with Crippen molar-refractivity contribution >= 4 is 56.8 Å². The van der Waals surface area contributed by atoms with Gasteiger partial charge in [-0.15, -0.1) is 0 Å². The van der Waals surface area contributed by atoms with Crippen LogP contribution in [0.3, 0.4) is 0 Å². The number of thiocarbonyl (C=S) groups is 1. The van der Waals surface area contributed by atoms with Crippen LogP contribution in [0.5, 0.6) is 0 Å². The molecule has 31 heavy (non-hydrogen) atoms. The van der Waals surface area contributed by atoms with Crippen LogP contribution >= 0.6 is 24.0 Å².